The minimum atomic E-state index is 0.0873. The van der Waals surface area contributed by atoms with Crippen molar-refractivity contribution < 1.29 is 9.53 Å². The summed E-state index contributed by atoms with van der Waals surface area (Å²) in [6.07, 6.45) is 4.90. The first-order valence-electron chi connectivity index (χ1n) is 9.69. The zero-order valence-electron chi connectivity index (χ0n) is 15.6. The Balaban J connectivity index is 1.53. The molecule has 1 aliphatic rings. The van der Waals surface area contributed by atoms with Gasteiger partial charge in [0.15, 0.2) is 0 Å². The van der Waals surface area contributed by atoms with E-state index in [1.165, 1.54) is 0 Å². The predicted octanol–water partition coefficient (Wildman–Crippen LogP) is 4.26. The van der Waals surface area contributed by atoms with E-state index >= 15 is 0 Å². The van der Waals surface area contributed by atoms with Gasteiger partial charge in [-0.05, 0) is 54.7 Å². The van der Waals surface area contributed by atoms with Gasteiger partial charge in [0.1, 0.15) is 0 Å². The number of ether oxygens (including phenoxy) is 1. The molecule has 27 heavy (non-hydrogen) atoms. The highest BCUT2D eigenvalue weighted by molar-refractivity contribution is 5.96. The van der Waals surface area contributed by atoms with Crippen molar-refractivity contribution >= 4 is 16.9 Å². The molecular weight excluding hydrogens is 338 g/mol. The Morgan fingerprint density at radius 3 is 3.04 bits per heavy atom. The van der Waals surface area contributed by atoms with E-state index in [-0.39, 0.29) is 12.0 Å². The highest BCUT2D eigenvalue weighted by atomic mass is 16.5. The summed E-state index contributed by atoms with van der Waals surface area (Å²) in [5, 5.41) is 0. The van der Waals surface area contributed by atoms with Gasteiger partial charge in [0.05, 0.1) is 23.5 Å². The first kappa shape index (κ1) is 17.7. The van der Waals surface area contributed by atoms with Crippen molar-refractivity contribution in [2.75, 3.05) is 19.7 Å². The maximum atomic E-state index is 13.0. The molecule has 1 fully saturated rings. The molecule has 0 radical (unpaired) electrons. The van der Waals surface area contributed by atoms with E-state index in [9.17, 15) is 4.79 Å². The van der Waals surface area contributed by atoms with Crippen LogP contribution in [-0.4, -0.2) is 46.6 Å². The molecule has 1 aromatic heterocycles. The Morgan fingerprint density at radius 1 is 1.26 bits per heavy atom. The van der Waals surface area contributed by atoms with Crippen molar-refractivity contribution in [2.24, 2.45) is 0 Å². The van der Waals surface area contributed by atoms with Crippen LogP contribution < -0.4 is 0 Å². The van der Waals surface area contributed by atoms with Crippen LogP contribution >= 0.6 is 0 Å². The van der Waals surface area contributed by atoms with Crippen LogP contribution in [0.3, 0.4) is 0 Å². The fraction of sp³-hybridized carbons (Fsp3) is 0.364. The van der Waals surface area contributed by atoms with Gasteiger partial charge in [0.2, 0.25) is 0 Å². The maximum absolute atomic E-state index is 13.0. The minimum absolute atomic E-state index is 0.0873. The number of hydrogen-bond donors (Lipinski definition) is 1. The van der Waals surface area contributed by atoms with Gasteiger partial charge in [-0.3, -0.25) is 4.79 Å². The second kappa shape index (κ2) is 7.92. The average Bonchev–Trinajstić information content (AvgIpc) is 3.20. The number of imidazole rings is 1. The van der Waals surface area contributed by atoms with Gasteiger partial charge in [-0.1, -0.05) is 25.1 Å². The Labute approximate surface area is 159 Å². The summed E-state index contributed by atoms with van der Waals surface area (Å²) < 4.78 is 5.87. The number of nitrogens with zero attached hydrogens (tertiary/aromatic N) is 2. The summed E-state index contributed by atoms with van der Waals surface area (Å²) in [5.41, 5.74) is 4.78. The van der Waals surface area contributed by atoms with Crippen LogP contribution in [-0.2, 0) is 4.74 Å². The van der Waals surface area contributed by atoms with Gasteiger partial charge < -0.3 is 14.6 Å². The molecule has 2 aromatic carbocycles. The molecule has 5 heteroatoms. The molecule has 0 aliphatic carbocycles. The smallest absolute Gasteiger partial charge is 0.253 e. The molecule has 0 unspecified atom stereocenters. The van der Waals surface area contributed by atoms with Crippen LogP contribution in [0, 0.1) is 0 Å². The number of nitrogens with one attached hydrogen (secondary N) is 1. The quantitative estimate of drug-likeness (QED) is 0.737. The number of fused-ring (bicyclic) bond motifs is 1. The Morgan fingerprint density at radius 2 is 2.15 bits per heavy atom. The van der Waals surface area contributed by atoms with Gasteiger partial charge in [0.25, 0.3) is 5.91 Å². The molecule has 0 bridgehead atoms. The monoisotopic (exact) mass is 363 g/mol. The van der Waals surface area contributed by atoms with Crippen LogP contribution in [0.25, 0.3) is 22.2 Å². The molecule has 1 aliphatic heterocycles. The van der Waals surface area contributed by atoms with Crippen LogP contribution in [0.5, 0.6) is 0 Å². The highest BCUT2D eigenvalue weighted by Gasteiger charge is 2.25. The maximum Gasteiger partial charge on any atom is 0.253 e. The number of piperidine rings is 1. The number of likely N-dealkylation sites (tertiary alicyclic amines) is 1. The van der Waals surface area contributed by atoms with Crippen molar-refractivity contribution in [1.29, 1.82) is 0 Å². The van der Waals surface area contributed by atoms with Crippen LogP contribution in [0.1, 0.15) is 36.5 Å². The SMILES string of the molecule is CCCO[C@@H]1CCCN(C(=O)c2cccc(-c3ccc4nc[nH]c4c3)c2)C1. The normalized spacial score (nSPS) is 17.4. The van der Waals surface area contributed by atoms with Crippen molar-refractivity contribution in [3.8, 4) is 11.1 Å². The second-order valence-corrected chi connectivity index (χ2v) is 7.10. The van der Waals surface area contributed by atoms with E-state index < -0.39 is 0 Å². The summed E-state index contributed by atoms with van der Waals surface area (Å²) in [6.45, 7) is 4.36. The van der Waals surface area contributed by atoms with E-state index in [4.69, 9.17) is 4.74 Å². The molecule has 1 N–H and O–H groups in total. The molecule has 0 spiro atoms. The number of hydrogen-bond acceptors (Lipinski definition) is 3. The van der Waals surface area contributed by atoms with Crippen molar-refractivity contribution in [1.82, 2.24) is 14.9 Å². The molecule has 1 atom stereocenters. The van der Waals surface area contributed by atoms with Gasteiger partial charge in [-0.2, -0.15) is 0 Å². The number of carbonyl (C=O) groups is 1. The van der Waals surface area contributed by atoms with E-state index in [1.54, 1.807) is 6.33 Å². The Kier molecular flexibility index (Phi) is 5.21. The molecule has 4 rings (SSSR count). The number of aromatic amines is 1. The third-order valence-corrected chi connectivity index (χ3v) is 5.09. The lowest BCUT2D eigenvalue weighted by Gasteiger charge is -2.32. The summed E-state index contributed by atoms with van der Waals surface area (Å²) in [5.74, 6) is 0.0873. The number of rotatable bonds is 5. The number of aromatic nitrogens is 2. The van der Waals surface area contributed by atoms with Crippen molar-refractivity contribution in [3.05, 3.63) is 54.4 Å². The highest BCUT2D eigenvalue weighted by Crippen LogP contribution is 2.25. The topological polar surface area (TPSA) is 58.2 Å². The molecular formula is C22H25N3O2. The summed E-state index contributed by atoms with van der Waals surface area (Å²) >= 11 is 0. The van der Waals surface area contributed by atoms with Crippen LogP contribution in [0.15, 0.2) is 48.8 Å². The summed E-state index contributed by atoms with van der Waals surface area (Å²) in [7, 11) is 0. The number of benzene rings is 2. The number of carbonyl (C=O) groups excluding carboxylic acids is 1. The first-order chi connectivity index (χ1) is 13.2. The lowest BCUT2D eigenvalue weighted by molar-refractivity contribution is 0.00211. The first-order valence-corrected chi connectivity index (χ1v) is 9.69. The fourth-order valence-corrected chi connectivity index (χ4v) is 3.67. The van der Waals surface area contributed by atoms with E-state index in [2.05, 4.69) is 23.0 Å². The Bertz CT molecular complexity index is 934. The summed E-state index contributed by atoms with van der Waals surface area (Å²) in [4.78, 5) is 22.4. The van der Waals surface area contributed by atoms with Gasteiger partial charge >= 0.3 is 0 Å². The predicted molar refractivity (Wildman–Crippen MR) is 107 cm³/mol. The van der Waals surface area contributed by atoms with E-state index in [0.717, 1.165) is 60.1 Å². The molecule has 1 amide bonds. The minimum Gasteiger partial charge on any atom is -0.376 e. The molecule has 0 saturated carbocycles. The van der Waals surface area contributed by atoms with Gasteiger partial charge in [-0.15, -0.1) is 0 Å². The zero-order chi connectivity index (χ0) is 18.6. The second-order valence-electron chi connectivity index (χ2n) is 7.10. The molecule has 5 nitrogen and oxygen atoms in total. The van der Waals surface area contributed by atoms with Gasteiger partial charge in [0, 0.05) is 25.3 Å². The van der Waals surface area contributed by atoms with Crippen molar-refractivity contribution in [2.45, 2.75) is 32.3 Å². The number of H-pyrrole nitrogens is 1. The van der Waals surface area contributed by atoms with Crippen molar-refractivity contribution in [3.63, 3.8) is 0 Å². The van der Waals surface area contributed by atoms with E-state index in [0.29, 0.717) is 6.54 Å². The molecule has 1 saturated heterocycles. The standard InChI is InChI=1S/C22H25N3O2/c1-2-11-27-19-7-4-10-25(14-19)22(26)18-6-3-5-16(12-18)17-8-9-20-21(13-17)24-15-23-20/h3,5-6,8-9,12-13,15,19H,2,4,7,10-11,14H2,1H3,(H,23,24)/t19-/m1/s1. The Hall–Kier alpha value is -2.66. The largest absolute Gasteiger partial charge is 0.376 e. The van der Waals surface area contributed by atoms with Crippen LogP contribution in [0.2, 0.25) is 0 Å². The van der Waals surface area contributed by atoms with Gasteiger partial charge in [-0.25, -0.2) is 4.98 Å². The lowest BCUT2D eigenvalue weighted by Crippen LogP contribution is -2.43. The fourth-order valence-electron chi connectivity index (χ4n) is 3.67. The molecule has 2 heterocycles. The average molecular weight is 363 g/mol. The third kappa shape index (κ3) is 3.88. The lowest BCUT2D eigenvalue weighted by atomic mass is 10.0. The number of amides is 1. The van der Waals surface area contributed by atoms with E-state index in [1.807, 2.05) is 41.3 Å². The molecule has 3 aromatic rings. The van der Waals surface area contributed by atoms with Crippen LogP contribution in [0.4, 0.5) is 0 Å². The third-order valence-electron chi connectivity index (χ3n) is 5.09. The molecule has 140 valence electrons. The summed E-state index contributed by atoms with van der Waals surface area (Å²) in [6, 6.07) is 14.0. The zero-order valence-corrected chi connectivity index (χ0v) is 15.6.